The molecule has 1 aliphatic carbocycles. The van der Waals surface area contributed by atoms with Crippen LogP contribution in [0.2, 0.25) is 0 Å². The number of hydrogen-bond donors (Lipinski definition) is 2. The van der Waals surface area contributed by atoms with E-state index >= 15 is 0 Å². The first-order valence-corrected chi connectivity index (χ1v) is 7.00. The van der Waals surface area contributed by atoms with Gasteiger partial charge in [0.1, 0.15) is 0 Å². The van der Waals surface area contributed by atoms with Crippen molar-refractivity contribution in [3.05, 3.63) is 0 Å². The minimum atomic E-state index is -0.918. The molecule has 7 heteroatoms. The van der Waals surface area contributed by atoms with Gasteiger partial charge in [-0.1, -0.05) is 0 Å². The average Bonchev–Trinajstić information content (AvgIpc) is 3.21. The van der Waals surface area contributed by atoms with E-state index < -0.39 is 5.97 Å². The highest BCUT2D eigenvalue weighted by molar-refractivity contribution is 5.81. The number of carboxylic acid groups (broad SMARTS) is 1. The number of primary amides is 1. The van der Waals surface area contributed by atoms with Crippen molar-refractivity contribution in [2.45, 2.75) is 31.7 Å². The normalized spacial score (nSPS) is 22.9. The van der Waals surface area contributed by atoms with Crippen molar-refractivity contribution in [1.82, 2.24) is 9.80 Å². The fourth-order valence-corrected chi connectivity index (χ4v) is 2.64. The highest BCUT2D eigenvalue weighted by Crippen LogP contribution is 2.26. The lowest BCUT2D eigenvalue weighted by Crippen LogP contribution is -2.48. The summed E-state index contributed by atoms with van der Waals surface area (Å²) in [5, 5.41) is 8.87. The lowest BCUT2D eigenvalue weighted by Gasteiger charge is -2.32. The second kappa shape index (κ2) is 6.21. The van der Waals surface area contributed by atoms with E-state index in [9.17, 15) is 14.4 Å². The summed E-state index contributed by atoms with van der Waals surface area (Å²) in [6, 6.07) is 0.215. The van der Waals surface area contributed by atoms with E-state index in [4.69, 9.17) is 10.8 Å². The maximum absolute atomic E-state index is 12.2. The van der Waals surface area contributed by atoms with Gasteiger partial charge in [0.15, 0.2) is 0 Å². The number of nitrogens with zero attached hydrogens (tertiary/aromatic N) is 2. The van der Waals surface area contributed by atoms with Crippen LogP contribution in [0.15, 0.2) is 0 Å². The van der Waals surface area contributed by atoms with Gasteiger partial charge in [-0.3, -0.25) is 19.3 Å². The fraction of sp³-hybridized carbons (Fsp3) is 0.769. The Balaban J connectivity index is 1.89. The van der Waals surface area contributed by atoms with Crippen LogP contribution >= 0.6 is 0 Å². The predicted octanol–water partition coefficient (Wildman–Crippen LogP) is -0.741. The summed E-state index contributed by atoms with van der Waals surface area (Å²) < 4.78 is 0. The number of rotatable bonds is 6. The van der Waals surface area contributed by atoms with Crippen molar-refractivity contribution in [1.29, 1.82) is 0 Å². The Hall–Kier alpha value is -1.63. The molecule has 3 N–H and O–H groups in total. The SMILES string of the molecule is NC(=O)C1CCCN(C(=O)CN(CC(=O)O)C2CC2)C1. The van der Waals surface area contributed by atoms with Crippen molar-refractivity contribution in [2.24, 2.45) is 11.7 Å². The number of amides is 2. The van der Waals surface area contributed by atoms with Gasteiger partial charge in [0, 0.05) is 19.1 Å². The fourth-order valence-electron chi connectivity index (χ4n) is 2.64. The summed E-state index contributed by atoms with van der Waals surface area (Å²) in [5.41, 5.74) is 5.29. The predicted molar refractivity (Wildman–Crippen MR) is 70.7 cm³/mol. The minimum absolute atomic E-state index is 0.107. The molecule has 0 spiro atoms. The third-order valence-corrected chi connectivity index (χ3v) is 3.92. The molecule has 112 valence electrons. The molecule has 0 bridgehead atoms. The molecule has 2 aliphatic rings. The van der Waals surface area contributed by atoms with Crippen LogP contribution in [0, 0.1) is 5.92 Å². The molecule has 1 unspecified atom stereocenters. The van der Waals surface area contributed by atoms with E-state index in [2.05, 4.69) is 0 Å². The molecule has 2 fully saturated rings. The van der Waals surface area contributed by atoms with E-state index in [1.807, 2.05) is 0 Å². The Morgan fingerprint density at radius 2 is 1.90 bits per heavy atom. The molecule has 1 saturated carbocycles. The molecule has 0 aromatic heterocycles. The van der Waals surface area contributed by atoms with Crippen LogP contribution in [0.4, 0.5) is 0 Å². The zero-order chi connectivity index (χ0) is 14.7. The molecule has 2 rings (SSSR count). The van der Waals surface area contributed by atoms with Crippen molar-refractivity contribution >= 4 is 17.8 Å². The highest BCUT2D eigenvalue weighted by atomic mass is 16.4. The van der Waals surface area contributed by atoms with Crippen molar-refractivity contribution in [3.8, 4) is 0 Å². The first kappa shape index (κ1) is 14.8. The first-order chi connectivity index (χ1) is 9.47. The zero-order valence-corrected chi connectivity index (χ0v) is 11.5. The van der Waals surface area contributed by atoms with Crippen molar-refractivity contribution < 1.29 is 19.5 Å². The van der Waals surface area contributed by atoms with Gasteiger partial charge in [-0.15, -0.1) is 0 Å². The molecule has 2 amide bonds. The standard InChI is InChI=1S/C13H21N3O4/c14-13(20)9-2-1-5-15(6-9)11(17)7-16(8-12(18)19)10-3-4-10/h9-10H,1-8H2,(H2,14,20)(H,18,19). The van der Waals surface area contributed by atoms with Gasteiger partial charge in [-0.2, -0.15) is 0 Å². The number of aliphatic carboxylic acids is 1. The Morgan fingerprint density at radius 3 is 2.45 bits per heavy atom. The summed E-state index contributed by atoms with van der Waals surface area (Å²) in [4.78, 5) is 37.6. The number of likely N-dealkylation sites (tertiary alicyclic amines) is 1. The van der Waals surface area contributed by atoms with E-state index in [1.165, 1.54) is 0 Å². The molecule has 1 aliphatic heterocycles. The summed E-state index contributed by atoms with van der Waals surface area (Å²) >= 11 is 0. The van der Waals surface area contributed by atoms with Crippen LogP contribution in [0.5, 0.6) is 0 Å². The van der Waals surface area contributed by atoms with E-state index in [0.717, 1.165) is 25.7 Å². The average molecular weight is 283 g/mol. The van der Waals surface area contributed by atoms with E-state index in [-0.39, 0.29) is 36.9 Å². The second-order valence-electron chi connectivity index (χ2n) is 5.61. The van der Waals surface area contributed by atoms with Crippen molar-refractivity contribution in [3.63, 3.8) is 0 Å². The summed E-state index contributed by atoms with van der Waals surface area (Å²) in [6.45, 7) is 0.986. The van der Waals surface area contributed by atoms with Crippen LogP contribution in [0.1, 0.15) is 25.7 Å². The quantitative estimate of drug-likeness (QED) is 0.668. The molecular formula is C13H21N3O4. The third kappa shape index (κ3) is 3.93. The number of carboxylic acids is 1. The summed E-state index contributed by atoms with van der Waals surface area (Å²) in [5.74, 6) is -1.67. The van der Waals surface area contributed by atoms with Crippen LogP contribution in [0.25, 0.3) is 0 Å². The van der Waals surface area contributed by atoms with Gasteiger partial charge in [-0.25, -0.2) is 0 Å². The molecule has 20 heavy (non-hydrogen) atoms. The molecule has 0 aromatic carbocycles. The number of hydrogen-bond acceptors (Lipinski definition) is 4. The molecule has 7 nitrogen and oxygen atoms in total. The van der Waals surface area contributed by atoms with Gasteiger partial charge < -0.3 is 15.7 Å². The maximum Gasteiger partial charge on any atom is 0.317 e. The Labute approximate surface area is 117 Å². The Kier molecular flexibility index (Phi) is 4.59. The van der Waals surface area contributed by atoms with Crippen LogP contribution < -0.4 is 5.73 Å². The molecule has 0 aromatic rings. The van der Waals surface area contributed by atoms with Gasteiger partial charge in [0.25, 0.3) is 0 Å². The van der Waals surface area contributed by atoms with Gasteiger partial charge in [0.2, 0.25) is 11.8 Å². The van der Waals surface area contributed by atoms with E-state index in [1.54, 1.807) is 9.80 Å². The zero-order valence-electron chi connectivity index (χ0n) is 11.5. The Morgan fingerprint density at radius 1 is 1.20 bits per heavy atom. The highest BCUT2D eigenvalue weighted by Gasteiger charge is 2.34. The number of piperidine rings is 1. The van der Waals surface area contributed by atoms with Crippen LogP contribution in [-0.2, 0) is 14.4 Å². The van der Waals surface area contributed by atoms with Gasteiger partial charge in [-0.05, 0) is 25.7 Å². The molecule has 0 radical (unpaired) electrons. The van der Waals surface area contributed by atoms with E-state index in [0.29, 0.717) is 13.1 Å². The number of carbonyl (C=O) groups excluding carboxylic acids is 2. The molecular weight excluding hydrogens is 262 g/mol. The topological polar surface area (TPSA) is 104 Å². The lowest BCUT2D eigenvalue weighted by molar-refractivity contribution is -0.140. The maximum atomic E-state index is 12.2. The summed E-state index contributed by atoms with van der Waals surface area (Å²) in [7, 11) is 0. The first-order valence-electron chi connectivity index (χ1n) is 7.00. The van der Waals surface area contributed by atoms with Gasteiger partial charge >= 0.3 is 5.97 Å². The van der Waals surface area contributed by atoms with Gasteiger partial charge in [0.05, 0.1) is 19.0 Å². The largest absolute Gasteiger partial charge is 0.480 e. The smallest absolute Gasteiger partial charge is 0.317 e. The monoisotopic (exact) mass is 283 g/mol. The molecule has 1 heterocycles. The van der Waals surface area contributed by atoms with Crippen molar-refractivity contribution in [2.75, 3.05) is 26.2 Å². The molecule has 1 atom stereocenters. The molecule has 1 saturated heterocycles. The summed E-state index contributed by atoms with van der Waals surface area (Å²) in [6.07, 6.45) is 3.39. The third-order valence-electron chi connectivity index (χ3n) is 3.92. The second-order valence-corrected chi connectivity index (χ2v) is 5.61. The van der Waals surface area contributed by atoms with Crippen LogP contribution in [0.3, 0.4) is 0 Å². The number of nitrogens with two attached hydrogens (primary N) is 1. The van der Waals surface area contributed by atoms with Crippen LogP contribution in [-0.4, -0.2) is 64.9 Å². The number of carbonyl (C=O) groups is 3. The lowest BCUT2D eigenvalue weighted by atomic mass is 9.97. The Bertz CT molecular complexity index is 408. The minimum Gasteiger partial charge on any atom is -0.480 e.